The van der Waals surface area contributed by atoms with E-state index in [1.54, 1.807) is 18.2 Å². The van der Waals surface area contributed by atoms with Gasteiger partial charge in [0.05, 0.1) is 11.1 Å². The first-order valence-electron chi connectivity index (χ1n) is 4.07. The van der Waals surface area contributed by atoms with Gasteiger partial charge in [0.1, 0.15) is 5.15 Å². The average Bonchev–Trinajstić information content (AvgIpc) is 2.17. The number of benzene rings is 1. The lowest BCUT2D eigenvalue weighted by atomic mass is 10.1. The molecular weight excluding hydrogens is 237 g/mol. The molecule has 0 amide bonds. The van der Waals surface area contributed by atoms with Gasteiger partial charge in [-0.05, 0) is 24.3 Å². The Balaban J connectivity index is 2.87. The monoisotopic (exact) mass is 241 g/mol. The molecule has 0 spiro atoms. The van der Waals surface area contributed by atoms with Crippen molar-refractivity contribution in [1.29, 1.82) is 0 Å². The minimum absolute atomic E-state index is 0.104. The van der Waals surface area contributed by atoms with Crippen LogP contribution in [0.3, 0.4) is 0 Å². The number of pyridine rings is 1. The van der Waals surface area contributed by atoms with Crippen molar-refractivity contribution in [1.82, 2.24) is 4.98 Å². The van der Waals surface area contributed by atoms with E-state index in [9.17, 15) is 4.79 Å². The number of hydrogen-bond acceptors (Lipinski definition) is 2. The molecule has 0 bridgehead atoms. The predicted molar refractivity (Wildman–Crippen MR) is 58.7 cm³/mol. The summed E-state index contributed by atoms with van der Waals surface area (Å²) < 4.78 is 0. The number of halogens is 2. The van der Waals surface area contributed by atoms with Crippen molar-refractivity contribution in [2.75, 3.05) is 0 Å². The minimum atomic E-state index is -1.05. The van der Waals surface area contributed by atoms with E-state index in [2.05, 4.69) is 4.98 Å². The summed E-state index contributed by atoms with van der Waals surface area (Å²) in [5.41, 5.74) is 0.622. The van der Waals surface area contributed by atoms with Crippen LogP contribution in [0.5, 0.6) is 0 Å². The van der Waals surface area contributed by atoms with Crippen molar-refractivity contribution >= 4 is 40.1 Å². The molecule has 76 valence electrons. The molecule has 0 saturated carbocycles. The van der Waals surface area contributed by atoms with Gasteiger partial charge in [-0.1, -0.05) is 23.2 Å². The van der Waals surface area contributed by atoms with Crippen LogP contribution in [0.4, 0.5) is 0 Å². The first-order valence-corrected chi connectivity index (χ1v) is 4.82. The number of aromatic nitrogens is 1. The molecule has 1 aromatic heterocycles. The maximum Gasteiger partial charge on any atom is 0.336 e. The van der Waals surface area contributed by atoms with Crippen LogP contribution in [0.1, 0.15) is 10.4 Å². The molecular formula is C10H5Cl2NO2. The molecule has 0 saturated heterocycles. The third-order valence-corrected chi connectivity index (χ3v) is 2.40. The molecule has 5 heteroatoms. The van der Waals surface area contributed by atoms with Crippen molar-refractivity contribution < 1.29 is 9.90 Å². The van der Waals surface area contributed by atoms with Crippen LogP contribution in [0.25, 0.3) is 10.9 Å². The second-order valence-corrected chi connectivity index (χ2v) is 3.78. The van der Waals surface area contributed by atoms with Gasteiger partial charge in [-0.25, -0.2) is 9.78 Å². The van der Waals surface area contributed by atoms with Gasteiger partial charge in [0, 0.05) is 10.4 Å². The van der Waals surface area contributed by atoms with Crippen LogP contribution in [0.15, 0.2) is 24.3 Å². The van der Waals surface area contributed by atoms with Gasteiger partial charge in [-0.2, -0.15) is 0 Å². The zero-order valence-electron chi connectivity index (χ0n) is 7.37. The van der Waals surface area contributed by atoms with Crippen LogP contribution in [-0.2, 0) is 0 Å². The predicted octanol–water partition coefficient (Wildman–Crippen LogP) is 3.24. The SMILES string of the molecule is O=C(O)c1cc(Cl)nc2ccc(Cl)cc12. The normalized spacial score (nSPS) is 10.5. The fourth-order valence-corrected chi connectivity index (χ4v) is 1.71. The lowest BCUT2D eigenvalue weighted by Gasteiger charge is -2.03. The van der Waals surface area contributed by atoms with E-state index < -0.39 is 5.97 Å². The Kier molecular flexibility index (Phi) is 2.50. The first-order chi connectivity index (χ1) is 7.08. The van der Waals surface area contributed by atoms with E-state index in [1.165, 1.54) is 6.07 Å². The second-order valence-electron chi connectivity index (χ2n) is 2.96. The van der Waals surface area contributed by atoms with Crippen LogP contribution < -0.4 is 0 Å². The summed E-state index contributed by atoms with van der Waals surface area (Å²) in [6, 6.07) is 6.14. The van der Waals surface area contributed by atoms with Crippen molar-refractivity contribution in [2.24, 2.45) is 0 Å². The molecule has 1 aromatic carbocycles. The van der Waals surface area contributed by atoms with Gasteiger partial charge in [-0.3, -0.25) is 0 Å². The molecule has 0 unspecified atom stereocenters. The summed E-state index contributed by atoms with van der Waals surface area (Å²) in [5, 5.41) is 10.1. The Morgan fingerprint density at radius 2 is 2.00 bits per heavy atom. The third kappa shape index (κ3) is 1.89. The summed E-state index contributed by atoms with van der Waals surface area (Å²) >= 11 is 11.5. The van der Waals surface area contributed by atoms with Crippen LogP contribution >= 0.6 is 23.2 Å². The molecule has 0 radical (unpaired) electrons. The van der Waals surface area contributed by atoms with E-state index in [-0.39, 0.29) is 10.7 Å². The number of carbonyl (C=O) groups is 1. The van der Waals surface area contributed by atoms with Gasteiger partial charge in [0.15, 0.2) is 0 Å². The second kappa shape index (κ2) is 3.68. The molecule has 0 aliphatic heterocycles. The Hall–Kier alpha value is -1.32. The highest BCUT2D eigenvalue weighted by Crippen LogP contribution is 2.24. The number of carboxylic acids is 1. The van der Waals surface area contributed by atoms with Gasteiger partial charge in [0.2, 0.25) is 0 Å². The molecule has 0 aliphatic carbocycles. The first kappa shape index (κ1) is 10.2. The zero-order chi connectivity index (χ0) is 11.0. The molecule has 0 aliphatic rings. The van der Waals surface area contributed by atoms with Crippen LogP contribution in [0.2, 0.25) is 10.2 Å². The number of carboxylic acid groups (broad SMARTS) is 1. The highest BCUT2D eigenvalue weighted by molar-refractivity contribution is 6.32. The maximum atomic E-state index is 10.9. The van der Waals surface area contributed by atoms with Crippen LogP contribution in [-0.4, -0.2) is 16.1 Å². The molecule has 2 rings (SSSR count). The lowest BCUT2D eigenvalue weighted by Crippen LogP contribution is -1.98. The Bertz CT molecular complexity index is 554. The van der Waals surface area contributed by atoms with Gasteiger partial charge < -0.3 is 5.11 Å². The summed E-state index contributed by atoms with van der Waals surface area (Å²) in [5.74, 6) is -1.05. The summed E-state index contributed by atoms with van der Waals surface area (Å²) in [4.78, 5) is 15.0. The van der Waals surface area contributed by atoms with Crippen LogP contribution in [0, 0.1) is 0 Å². The summed E-state index contributed by atoms with van der Waals surface area (Å²) in [6.07, 6.45) is 0. The van der Waals surface area contributed by atoms with E-state index in [0.717, 1.165) is 0 Å². The number of rotatable bonds is 1. The largest absolute Gasteiger partial charge is 0.478 e. The summed E-state index contributed by atoms with van der Waals surface area (Å²) in [7, 11) is 0. The molecule has 1 N–H and O–H groups in total. The van der Waals surface area contributed by atoms with Gasteiger partial charge in [0.25, 0.3) is 0 Å². The van der Waals surface area contributed by atoms with Crippen molar-refractivity contribution in [3.63, 3.8) is 0 Å². The maximum absolute atomic E-state index is 10.9. The topological polar surface area (TPSA) is 50.2 Å². The van der Waals surface area contributed by atoms with E-state index >= 15 is 0 Å². The molecule has 0 atom stereocenters. The Labute approximate surface area is 95.3 Å². The number of hydrogen-bond donors (Lipinski definition) is 1. The highest BCUT2D eigenvalue weighted by Gasteiger charge is 2.11. The molecule has 0 fully saturated rings. The molecule has 15 heavy (non-hydrogen) atoms. The van der Waals surface area contributed by atoms with Gasteiger partial charge in [-0.15, -0.1) is 0 Å². The quantitative estimate of drug-likeness (QED) is 0.781. The van der Waals surface area contributed by atoms with E-state index in [0.29, 0.717) is 15.9 Å². The lowest BCUT2D eigenvalue weighted by molar-refractivity contribution is 0.0699. The Morgan fingerprint density at radius 1 is 1.27 bits per heavy atom. The molecule has 2 aromatic rings. The Morgan fingerprint density at radius 3 is 2.67 bits per heavy atom. The van der Waals surface area contributed by atoms with E-state index in [4.69, 9.17) is 28.3 Å². The minimum Gasteiger partial charge on any atom is -0.478 e. The fraction of sp³-hybridized carbons (Fsp3) is 0. The molecule has 3 nitrogen and oxygen atoms in total. The van der Waals surface area contributed by atoms with Gasteiger partial charge >= 0.3 is 5.97 Å². The zero-order valence-corrected chi connectivity index (χ0v) is 8.88. The van der Waals surface area contributed by atoms with Crippen molar-refractivity contribution in [3.8, 4) is 0 Å². The standard InChI is InChI=1S/C10H5Cl2NO2/c11-5-1-2-8-6(3-5)7(10(14)15)4-9(12)13-8/h1-4H,(H,14,15). The fourth-order valence-electron chi connectivity index (χ4n) is 1.34. The average molecular weight is 242 g/mol. The third-order valence-electron chi connectivity index (χ3n) is 1.97. The number of nitrogens with zero attached hydrogens (tertiary/aromatic N) is 1. The number of aromatic carboxylic acids is 1. The van der Waals surface area contributed by atoms with Crippen molar-refractivity contribution in [3.05, 3.63) is 40.0 Å². The van der Waals surface area contributed by atoms with E-state index in [1.807, 2.05) is 0 Å². The highest BCUT2D eigenvalue weighted by atomic mass is 35.5. The van der Waals surface area contributed by atoms with Crippen molar-refractivity contribution in [2.45, 2.75) is 0 Å². The smallest absolute Gasteiger partial charge is 0.336 e. The molecule has 1 heterocycles. The summed E-state index contributed by atoms with van der Waals surface area (Å²) in [6.45, 7) is 0. The number of fused-ring (bicyclic) bond motifs is 1.